The van der Waals surface area contributed by atoms with Crippen LogP contribution in [0, 0.1) is 0 Å². The Hall–Kier alpha value is -0.910. The maximum atomic E-state index is 5.92. The van der Waals surface area contributed by atoms with Crippen LogP contribution < -0.4 is 5.73 Å². The summed E-state index contributed by atoms with van der Waals surface area (Å²) in [6.07, 6.45) is 5.76. The van der Waals surface area contributed by atoms with Crippen molar-refractivity contribution in [2.75, 3.05) is 19.8 Å². The first-order chi connectivity index (χ1) is 7.74. The van der Waals surface area contributed by atoms with E-state index in [0.29, 0.717) is 19.8 Å². The second-order valence-corrected chi connectivity index (χ2v) is 4.35. The molecule has 5 nitrogen and oxygen atoms in total. The molecule has 5 heteroatoms. The van der Waals surface area contributed by atoms with E-state index in [4.69, 9.17) is 15.2 Å². The summed E-state index contributed by atoms with van der Waals surface area (Å²) in [5.74, 6) is 0. The van der Waals surface area contributed by atoms with Gasteiger partial charge in [-0.15, -0.1) is 0 Å². The fourth-order valence-corrected chi connectivity index (χ4v) is 1.94. The van der Waals surface area contributed by atoms with Crippen LogP contribution >= 0.6 is 0 Å². The molecule has 2 rings (SSSR count). The number of nitrogens with two attached hydrogens (primary N) is 1. The number of hydrogen-bond acceptors (Lipinski definition) is 4. The van der Waals surface area contributed by atoms with E-state index in [0.717, 1.165) is 25.0 Å². The molecule has 1 aromatic rings. The van der Waals surface area contributed by atoms with Crippen molar-refractivity contribution in [3.63, 3.8) is 0 Å². The monoisotopic (exact) mass is 225 g/mol. The van der Waals surface area contributed by atoms with Crippen molar-refractivity contribution in [2.45, 2.75) is 25.0 Å². The SMILES string of the molecule is Cn1cc(COC2(CN)CCCOC2)cn1. The summed E-state index contributed by atoms with van der Waals surface area (Å²) in [6, 6.07) is 0. The van der Waals surface area contributed by atoms with Crippen LogP contribution in [0.2, 0.25) is 0 Å². The molecule has 0 aromatic carbocycles. The van der Waals surface area contributed by atoms with Gasteiger partial charge in [0.15, 0.2) is 0 Å². The van der Waals surface area contributed by atoms with E-state index in [-0.39, 0.29) is 5.60 Å². The average molecular weight is 225 g/mol. The van der Waals surface area contributed by atoms with Crippen molar-refractivity contribution < 1.29 is 9.47 Å². The number of aryl methyl sites for hydroxylation is 1. The van der Waals surface area contributed by atoms with Gasteiger partial charge in [-0.3, -0.25) is 4.68 Å². The van der Waals surface area contributed by atoms with Gasteiger partial charge in [0.2, 0.25) is 0 Å². The molecule has 90 valence electrons. The molecule has 16 heavy (non-hydrogen) atoms. The zero-order valence-electron chi connectivity index (χ0n) is 9.69. The van der Waals surface area contributed by atoms with Gasteiger partial charge in [-0.05, 0) is 12.8 Å². The maximum Gasteiger partial charge on any atom is 0.104 e. The zero-order chi connectivity index (χ0) is 11.4. The standard InChI is InChI=1S/C11H19N3O2/c1-14-6-10(5-13-14)7-16-11(8-12)3-2-4-15-9-11/h5-6H,2-4,7-9,12H2,1H3. The lowest BCUT2D eigenvalue weighted by atomic mass is 9.96. The van der Waals surface area contributed by atoms with Crippen LogP contribution in [0.5, 0.6) is 0 Å². The molecule has 2 N–H and O–H groups in total. The summed E-state index contributed by atoms with van der Waals surface area (Å²) in [4.78, 5) is 0. The molecule has 0 bridgehead atoms. The fraction of sp³-hybridized carbons (Fsp3) is 0.727. The van der Waals surface area contributed by atoms with Gasteiger partial charge in [-0.25, -0.2) is 0 Å². The molecule has 1 atom stereocenters. The van der Waals surface area contributed by atoms with Crippen LogP contribution in [0.1, 0.15) is 18.4 Å². The molecule has 2 heterocycles. The second-order valence-electron chi connectivity index (χ2n) is 4.35. The second kappa shape index (κ2) is 4.95. The highest BCUT2D eigenvalue weighted by Gasteiger charge is 2.32. The molecule has 1 aliphatic rings. The van der Waals surface area contributed by atoms with Crippen LogP contribution in [0.25, 0.3) is 0 Å². The quantitative estimate of drug-likeness (QED) is 0.808. The van der Waals surface area contributed by atoms with Gasteiger partial charge in [0.25, 0.3) is 0 Å². The summed E-state index contributed by atoms with van der Waals surface area (Å²) in [5.41, 5.74) is 6.55. The predicted octanol–water partition coefficient (Wildman–Crippen LogP) is 0.445. The van der Waals surface area contributed by atoms with E-state index in [1.807, 2.05) is 19.4 Å². The first kappa shape index (κ1) is 11.6. The Kier molecular flexibility index (Phi) is 3.58. The first-order valence-corrected chi connectivity index (χ1v) is 5.63. The number of nitrogens with zero attached hydrogens (tertiary/aromatic N) is 2. The van der Waals surface area contributed by atoms with Crippen LogP contribution in [-0.2, 0) is 23.1 Å². The van der Waals surface area contributed by atoms with Gasteiger partial charge in [-0.2, -0.15) is 5.10 Å². The van der Waals surface area contributed by atoms with Crippen LogP contribution in [0.3, 0.4) is 0 Å². The van der Waals surface area contributed by atoms with Crippen molar-refractivity contribution in [3.8, 4) is 0 Å². The minimum atomic E-state index is -0.298. The number of ether oxygens (including phenoxy) is 2. The third kappa shape index (κ3) is 2.61. The van der Waals surface area contributed by atoms with Gasteiger partial charge in [0.05, 0.1) is 19.4 Å². The van der Waals surface area contributed by atoms with Gasteiger partial charge >= 0.3 is 0 Å². The highest BCUT2D eigenvalue weighted by atomic mass is 16.5. The Morgan fingerprint density at radius 3 is 3.12 bits per heavy atom. The fourth-order valence-electron chi connectivity index (χ4n) is 1.94. The lowest BCUT2D eigenvalue weighted by Gasteiger charge is -2.35. The number of aromatic nitrogens is 2. The molecule has 1 saturated heterocycles. The van der Waals surface area contributed by atoms with Gasteiger partial charge in [0.1, 0.15) is 5.60 Å². The van der Waals surface area contributed by atoms with E-state index in [1.165, 1.54) is 0 Å². The van der Waals surface area contributed by atoms with Gasteiger partial charge < -0.3 is 15.2 Å². The number of rotatable bonds is 4. The van der Waals surface area contributed by atoms with Crippen LogP contribution in [-0.4, -0.2) is 35.1 Å². The molecule has 0 spiro atoms. The molecule has 0 aliphatic carbocycles. The molecule has 1 aliphatic heterocycles. The third-order valence-corrected chi connectivity index (χ3v) is 2.96. The molecular formula is C11H19N3O2. The Bertz CT molecular complexity index is 332. The van der Waals surface area contributed by atoms with E-state index in [2.05, 4.69) is 5.10 Å². The molecule has 0 saturated carbocycles. The average Bonchev–Trinajstić information content (AvgIpc) is 2.74. The zero-order valence-corrected chi connectivity index (χ0v) is 9.69. The Balaban J connectivity index is 1.91. The molecule has 0 radical (unpaired) electrons. The Morgan fingerprint density at radius 2 is 2.56 bits per heavy atom. The van der Waals surface area contributed by atoms with Gasteiger partial charge in [0, 0.05) is 32.0 Å². The van der Waals surface area contributed by atoms with Crippen LogP contribution in [0.15, 0.2) is 12.4 Å². The highest BCUT2D eigenvalue weighted by Crippen LogP contribution is 2.23. The lowest BCUT2D eigenvalue weighted by molar-refractivity contribution is -0.130. The molecular weight excluding hydrogens is 206 g/mol. The third-order valence-electron chi connectivity index (χ3n) is 2.96. The van der Waals surface area contributed by atoms with E-state index in [9.17, 15) is 0 Å². The van der Waals surface area contributed by atoms with E-state index >= 15 is 0 Å². The molecule has 1 fully saturated rings. The van der Waals surface area contributed by atoms with Gasteiger partial charge in [-0.1, -0.05) is 0 Å². The van der Waals surface area contributed by atoms with Crippen molar-refractivity contribution in [1.29, 1.82) is 0 Å². The van der Waals surface area contributed by atoms with Crippen molar-refractivity contribution in [2.24, 2.45) is 12.8 Å². The number of hydrogen-bond donors (Lipinski definition) is 1. The highest BCUT2D eigenvalue weighted by molar-refractivity contribution is 5.02. The minimum Gasteiger partial charge on any atom is -0.378 e. The Labute approximate surface area is 95.5 Å². The van der Waals surface area contributed by atoms with Crippen LogP contribution in [0.4, 0.5) is 0 Å². The molecule has 1 aromatic heterocycles. The summed E-state index contributed by atoms with van der Waals surface area (Å²) in [6.45, 7) is 2.48. The normalized spacial score (nSPS) is 25.9. The summed E-state index contributed by atoms with van der Waals surface area (Å²) in [5, 5.41) is 4.10. The predicted molar refractivity (Wildman–Crippen MR) is 59.8 cm³/mol. The van der Waals surface area contributed by atoms with Crippen molar-refractivity contribution >= 4 is 0 Å². The minimum absolute atomic E-state index is 0.298. The first-order valence-electron chi connectivity index (χ1n) is 5.63. The summed E-state index contributed by atoms with van der Waals surface area (Å²) >= 11 is 0. The molecule has 1 unspecified atom stereocenters. The Morgan fingerprint density at radius 1 is 1.69 bits per heavy atom. The smallest absolute Gasteiger partial charge is 0.104 e. The summed E-state index contributed by atoms with van der Waals surface area (Å²) < 4.78 is 13.1. The summed E-state index contributed by atoms with van der Waals surface area (Å²) in [7, 11) is 1.89. The maximum absolute atomic E-state index is 5.92. The van der Waals surface area contributed by atoms with Crippen molar-refractivity contribution in [3.05, 3.63) is 18.0 Å². The van der Waals surface area contributed by atoms with E-state index in [1.54, 1.807) is 4.68 Å². The molecule has 0 amide bonds. The van der Waals surface area contributed by atoms with E-state index < -0.39 is 0 Å². The lowest BCUT2D eigenvalue weighted by Crippen LogP contribution is -2.47. The topological polar surface area (TPSA) is 62.3 Å². The largest absolute Gasteiger partial charge is 0.378 e. The van der Waals surface area contributed by atoms with Crippen molar-refractivity contribution in [1.82, 2.24) is 9.78 Å².